The Morgan fingerprint density at radius 3 is 2.47 bits per heavy atom. The van der Waals surface area contributed by atoms with E-state index < -0.39 is 21.8 Å². The molecule has 2 aromatic carbocycles. The number of aromatic nitrogens is 2. The first-order chi connectivity index (χ1) is 15.2. The predicted molar refractivity (Wildman–Crippen MR) is 130 cm³/mol. The third-order valence-electron chi connectivity index (χ3n) is 4.61. The number of hydrogen-bond donors (Lipinski definition) is 1. The molecule has 1 aliphatic heterocycles. The molecule has 1 amide bonds. The molecule has 0 radical (unpaired) electrons. The number of hydrogen-bond acceptors (Lipinski definition) is 6. The predicted octanol–water partition coefficient (Wildman–Crippen LogP) is 4.28. The Labute approximate surface area is 199 Å². The Kier molecular flexibility index (Phi) is 6.50. The zero-order valence-corrected chi connectivity index (χ0v) is 19.6. The molecule has 4 rings (SSSR count). The van der Waals surface area contributed by atoms with Gasteiger partial charge in [-0.05, 0) is 30.3 Å². The van der Waals surface area contributed by atoms with Crippen LogP contribution in [-0.4, -0.2) is 50.2 Å². The molecular formula is C21H16ClN3O4S3. The van der Waals surface area contributed by atoms with Crippen molar-refractivity contribution in [3.05, 3.63) is 76.3 Å². The molecule has 1 N–H and O–H groups in total. The van der Waals surface area contributed by atoms with E-state index in [1.54, 1.807) is 22.9 Å². The SMILES string of the molecule is O=C1/C(=C\c2cn(-c3ccccc3)nc2-c2ccc(Cl)cc2)SC(=S)N1CCS(=O)(=O)O. The van der Waals surface area contributed by atoms with Crippen molar-refractivity contribution in [1.82, 2.24) is 14.7 Å². The summed E-state index contributed by atoms with van der Waals surface area (Å²) in [6, 6.07) is 16.7. The van der Waals surface area contributed by atoms with Crippen LogP contribution in [0.15, 0.2) is 65.7 Å². The van der Waals surface area contributed by atoms with Gasteiger partial charge in [-0.1, -0.05) is 65.9 Å². The van der Waals surface area contributed by atoms with Gasteiger partial charge in [0.1, 0.15) is 4.32 Å². The zero-order chi connectivity index (χ0) is 22.9. The molecule has 11 heteroatoms. The monoisotopic (exact) mass is 505 g/mol. The molecule has 3 aromatic rings. The lowest BCUT2D eigenvalue weighted by Crippen LogP contribution is -2.32. The molecule has 7 nitrogen and oxygen atoms in total. The second kappa shape index (κ2) is 9.16. The molecular weight excluding hydrogens is 490 g/mol. The molecule has 1 saturated heterocycles. The summed E-state index contributed by atoms with van der Waals surface area (Å²) >= 11 is 12.3. The zero-order valence-electron chi connectivity index (χ0n) is 16.4. The maximum absolute atomic E-state index is 12.8. The van der Waals surface area contributed by atoms with Crippen LogP contribution >= 0.6 is 35.6 Å². The van der Waals surface area contributed by atoms with E-state index in [0.29, 0.717) is 21.2 Å². The number of benzene rings is 2. The molecule has 164 valence electrons. The Hall–Kier alpha value is -2.50. The van der Waals surface area contributed by atoms with E-state index in [1.807, 2.05) is 48.7 Å². The third kappa shape index (κ3) is 5.11. The van der Waals surface area contributed by atoms with E-state index in [2.05, 4.69) is 0 Å². The molecule has 0 saturated carbocycles. The van der Waals surface area contributed by atoms with Crippen LogP contribution in [0.4, 0.5) is 0 Å². The van der Waals surface area contributed by atoms with Gasteiger partial charge in [0, 0.05) is 28.9 Å². The Balaban J connectivity index is 1.73. The molecule has 0 spiro atoms. The lowest BCUT2D eigenvalue weighted by atomic mass is 10.1. The van der Waals surface area contributed by atoms with Gasteiger partial charge in [0.25, 0.3) is 16.0 Å². The van der Waals surface area contributed by atoms with E-state index in [9.17, 15) is 13.2 Å². The number of rotatable bonds is 6. The Morgan fingerprint density at radius 2 is 1.81 bits per heavy atom. The van der Waals surface area contributed by atoms with Crippen molar-refractivity contribution in [2.45, 2.75) is 0 Å². The Morgan fingerprint density at radius 1 is 1.12 bits per heavy atom. The Bertz CT molecular complexity index is 1320. The number of carbonyl (C=O) groups excluding carboxylic acids is 1. The first-order valence-electron chi connectivity index (χ1n) is 9.33. The molecule has 1 aromatic heterocycles. The van der Waals surface area contributed by atoms with Gasteiger partial charge in [0.05, 0.1) is 22.0 Å². The van der Waals surface area contributed by atoms with Gasteiger partial charge in [-0.3, -0.25) is 14.2 Å². The van der Waals surface area contributed by atoms with E-state index >= 15 is 0 Å². The van der Waals surface area contributed by atoms with Crippen LogP contribution in [0.2, 0.25) is 5.02 Å². The van der Waals surface area contributed by atoms with Crippen molar-refractivity contribution in [3.8, 4) is 16.9 Å². The van der Waals surface area contributed by atoms with Gasteiger partial charge in [0.15, 0.2) is 0 Å². The summed E-state index contributed by atoms with van der Waals surface area (Å²) in [6.45, 7) is -0.214. The summed E-state index contributed by atoms with van der Waals surface area (Å²) in [7, 11) is -4.21. The number of para-hydroxylation sites is 1. The van der Waals surface area contributed by atoms with Gasteiger partial charge in [-0.25, -0.2) is 4.68 Å². The van der Waals surface area contributed by atoms with Crippen LogP contribution in [0.25, 0.3) is 23.0 Å². The summed E-state index contributed by atoms with van der Waals surface area (Å²) < 4.78 is 33.1. The smallest absolute Gasteiger partial charge is 0.266 e. The second-order valence-corrected chi connectivity index (χ2v) is 10.5. The number of amides is 1. The lowest BCUT2D eigenvalue weighted by molar-refractivity contribution is -0.121. The van der Waals surface area contributed by atoms with Crippen LogP contribution in [0.3, 0.4) is 0 Å². The summed E-state index contributed by atoms with van der Waals surface area (Å²) in [5, 5.41) is 5.30. The second-order valence-electron chi connectivity index (χ2n) is 6.84. The first-order valence-corrected chi connectivity index (χ1v) is 12.5. The fourth-order valence-corrected chi connectivity index (χ4v) is 4.92. The van der Waals surface area contributed by atoms with E-state index in [1.165, 1.54) is 4.90 Å². The molecule has 0 bridgehead atoms. The van der Waals surface area contributed by atoms with Crippen LogP contribution in [0, 0.1) is 0 Å². The quantitative estimate of drug-likeness (QED) is 0.303. The van der Waals surface area contributed by atoms with Gasteiger partial charge in [0.2, 0.25) is 0 Å². The van der Waals surface area contributed by atoms with Crippen LogP contribution < -0.4 is 0 Å². The minimum atomic E-state index is -4.21. The molecule has 2 heterocycles. The van der Waals surface area contributed by atoms with Crippen molar-refractivity contribution in [2.75, 3.05) is 12.3 Å². The summed E-state index contributed by atoms with van der Waals surface area (Å²) in [5.41, 5.74) is 3.00. The fraction of sp³-hybridized carbons (Fsp3) is 0.0952. The molecule has 0 unspecified atom stereocenters. The number of thioether (sulfide) groups is 1. The number of thiocarbonyl (C=S) groups is 1. The maximum Gasteiger partial charge on any atom is 0.266 e. The average Bonchev–Trinajstić information content (AvgIpc) is 3.28. The highest BCUT2D eigenvalue weighted by atomic mass is 35.5. The van der Waals surface area contributed by atoms with Crippen LogP contribution in [0.5, 0.6) is 0 Å². The van der Waals surface area contributed by atoms with Crippen molar-refractivity contribution < 1.29 is 17.8 Å². The molecule has 0 aliphatic carbocycles. The van der Waals surface area contributed by atoms with Crippen molar-refractivity contribution >= 4 is 62.0 Å². The molecule has 0 atom stereocenters. The fourth-order valence-electron chi connectivity index (χ4n) is 3.08. The van der Waals surface area contributed by atoms with E-state index in [-0.39, 0.29) is 10.9 Å². The topological polar surface area (TPSA) is 92.5 Å². The molecule has 32 heavy (non-hydrogen) atoms. The summed E-state index contributed by atoms with van der Waals surface area (Å²) in [6.07, 6.45) is 3.49. The van der Waals surface area contributed by atoms with Crippen LogP contribution in [-0.2, 0) is 14.9 Å². The van der Waals surface area contributed by atoms with Gasteiger partial charge in [-0.2, -0.15) is 13.5 Å². The maximum atomic E-state index is 12.8. The first kappa shape index (κ1) is 22.7. The molecule has 1 aliphatic rings. The summed E-state index contributed by atoms with van der Waals surface area (Å²) in [4.78, 5) is 14.3. The standard InChI is InChI=1S/C21H16ClN3O4S3/c22-16-8-6-14(7-9-16)19-15(13-25(23-19)17-4-2-1-3-5-17)12-18-20(26)24(21(30)31-18)10-11-32(27,28)29/h1-9,12-13H,10-11H2,(H,27,28,29)/b18-12+. The van der Waals surface area contributed by atoms with Crippen molar-refractivity contribution in [1.29, 1.82) is 0 Å². The van der Waals surface area contributed by atoms with Gasteiger partial charge >= 0.3 is 0 Å². The largest absolute Gasteiger partial charge is 0.292 e. The highest BCUT2D eigenvalue weighted by Crippen LogP contribution is 2.35. The average molecular weight is 506 g/mol. The normalized spacial score (nSPS) is 15.7. The third-order valence-corrected chi connectivity index (χ3v) is 6.94. The van der Waals surface area contributed by atoms with Gasteiger partial charge < -0.3 is 0 Å². The highest BCUT2D eigenvalue weighted by molar-refractivity contribution is 8.26. The van der Waals surface area contributed by atoms with Gasteiger partial charge in [-0.15, -0.1) is 0 Å². The minimum absolute atomic E-state index is 0.214. The lowest BCUT2D eigenvalue weighted by Gasteiger charge is -2.12. The molecule has 1 fully saturated rings. The van der Waals surface area contributed by atoms with E-state index in [4.69, 9.17) is 33.5 Å². The number of halogens is 1. The number of nitrogens with zero attached hydrogens (tertiary/aromatic N) is 3. The minimum Gasteiger partial charge on any atom is -0.292 e. The van der Waals surface area contributed by atoms with Crippen molar-refractivity contribution in [2.24, 2.45) is 0 Å². The number of carbonyl (C=O) groups is 1. The van der Waals surface area contributed by atoms with Crippen LogP contribution in [0.1, 0.15) is 5.56 Å². The van der Waals surface area contributed by atoms with E-state index in [0.717, 1.165) is 23.0 Å². The highest BCUT2D eigenvalue weighted by Gasteiger charge is 2.33. The van der Waals surface area contributed by atoms with Crippen molar-refractivity contribution in [3.63, 3.8) is 0 Å². The summed E-state index contributed by atoms with van der Waals surface area (Å²) in [5.74, 6) is -1.01.